The zero-order valence-corrected chi connectivity index (χ0v) is 71.8. The average Bonchev–Trinajstić information content (AvgIpc) is 1.58. The van der Waals surface area contributed by atoms with Crippen molar-refractivity contribution in [3.05, 3.63) is 492 Å². The summed E-state index contributed by atoms with van der Waals surface area (Å²) in [7, 11) is 0. The molecule has 0 unspecified atom stereocenters. The molecule has 0 aliphatic carbocycles. The second-order valence-corrected chi connectivity index (χ2v) is 33.8. The summed E-state index contributed by atoms with van der Waals surface area (Å²) in [6.07, 6.45) is 5.67. The Morgan fingerprint density at radius 2 is 0.326 bits per heavy atom. The highest BCUT2D eigenvalue weighted by atomic mass is 15.0. The van der Waals surface area contributed by atoms with Crippen LogP contribution in [0.4, 0.5) is 0 Å². The Morgan fingerprint density at radius 3 is 0.667 bits per heavy atom. The molecule has 0 atom stereocenters. The minimum absolute atomic E-state index is 1.01. The van der Waals surface area contributed by atoms with Crippen LogP contribution in [0, 0.1) is 0 Å². The lowest BCUT2D eigenvalue weighted by Gasteiger charge is -2.11. The van der Waals surface area contributed by atoms with E-state index in [1.54, 1.807) is 0 Å². The maximum atomic E-state index is 4.88. The van der Waals surface area contributed by atoms with Gasteiger partial charge in [-0.15, -0.1) is 0 Å². The second kappa shape index (κ2) is 32.3. The predicted octanol–water partition coefficient (Wildman–Crippen LogP) is 31.8. The Kier molecular flexibility index (Phi) is 18.7. The molecule has 9 nitrogen and oxygen atoms in total. The fraction of sp³-hybridized carbons (Fsp3) is 0. The summed E-state index contributed by atoms with van der Waals surface area (Å²) in [5, 5.41) is 11.0. The van der Waals surface area contributed by atoms with Crippen LogP contribution in [0.15, 0.2) is 492 Å². The number of hydrogen-bond donors (Lipinski definition) is 0. The van der Waals surface area contributed by atoms with Gasteiger partial charge in [-0.25, -0.2) is 0 Å². The molecule has 0 aliphatic rings. The number of fused-ring (bicyclic) bond motifs is 18. The topological polar surface area (TPSA) is 68.2 Å². The third-order valence-electron chi connectivity index (χ3n) is 26.3. The van der Waals surface area contributed by atoms with Gasteiger partial charge < -0.3 is 27.4 Å². The highest BCUT2D eigenvalue weighted by molar-refractivity contribution is 6.16. The van der Waals surface area contributed by atoms with Crippen molar-refractivity contribution in [2.45, 2.75) is 0 Å². The summed E-state index contributed by atoms with van der Waals surface area (Å²) in [5.74, 6) is 0. The molecule has 132 heavy (non-hydrogen) atoms. The molecule has 0 amide bonds. The first-order chi connectivity index (χ1) is 65.5. The van der Waals surface area contributed by atoms with Gasteiger partial charge in [0.1, 0.15) is 0 Å². The quantitative estimate of drug-likeness (QED) is 0.122. The highest BCUT2D eigenvalue weighted by Gasteiger charge is 2.23. The van der Waals surface area contributed by atoms with Crippen LogP contribution in [0.2, 0.25) is 0 Å². The lowest BCUT2D eigenvalue weighted by Crippen LogP contribution is -1.94. The second-order valence-electron chi connectivity index (χ2n) is 33.8. The Morgan fingerprint density at radius 1 is 0.114 bits per heavy atom. The first kappa shape index (κ1) is 76.6. The van der Waals surface area contributed by atoms with E-state index in [1.165, 1.54) is 132 Å². The van der Waals surface area contributed by atoms with Gasteiger partial charge in [-0.3, -0.25) is 15.0 Å². The maximum absolute atomic E-state index is 4.88. The van der Waals surface area contributed by atoms with Crippen LogP contribution in [0.25, 0.3) is 232 Å². The minimum Gasteiger partial charge on any atom is -0.309 e. The zero-order chi connectivity index (χ0) is 87.1. The van der Waals surface area contributed by atoms with E-state index in [0.717, 1.165) is 99.9 Å². The molecule has 9 aromatic heterocycles. The highest BCUT2D eigenvalue weighted by Crippen LogP contribution is 2.44. The van der Waals surface area contributed by atoms with Crippen molar-refractivity contribution in [1.82, 2.24) is 42.4 Å². The summed E-state index contributed by atoms with van der Waals surface area (Å²) in [5.41, 5.74) is 38.2. The number of pyridine rings is 3. The van der Waals surface area contributed by atoms with Gasteiger partial charge in [0, 0.05) is 101 Å². The Hall–Kier alpha value is -17.8. The number of para-hydroxylation sites is 6. The molecule has 0 spiro atoms. The van der Waals surface area contributed by atoms with Gasteiger partial charge in [-0.05, 0) is 249 Å². The molecule has 0 aliphatic heterocycles. The molecule has 27 rings (SSSR count). The van der Waals surface area contributed by atoms with E-state index in [0.29, 0.717) is 0 Å². The van der Waals surface area contributed by atoms with Crippen molar-refractivity contribution in [2.75, 3.05) is 0 Å². The van der Waals surface area contributed by atoms with E-state index in [1.807, 2.05) is 36.8 Å². The van der Waals surface area contributed by atoms with E-state index in [4.69, 9.17) is 15.0 Å². The molecular weight excluding hydrogens is 1600 g/mol. The van der Waals surface area contributed by atoms with Crippen molar-refractivity contribution in [2.24, 2.45) is 0 Å². The van der Waals surface area contributed by atoms with Gasteiger partial charge in [0.05, 0.1) is 82.8 Å². The number of benzene rings is 18. The lowest BCUT2D eigenvalue weighted by atomic mass is 10.0. The van der Waals surface area contributed by atoms with Crippen molar-refractivity contribution in [3.8, 4) is 101 Å². The van der Waals surface area contributed by atoms with Crippen molar-refractivity contribution < 1.29 is 0 Å². The van der Waals surface area contributed by atoms with E-state index in [-0.39, 0.29) is 0 Å². The standard InChI is InChI=1S/3C41H27N3/c1-3-11-28(12-4-1)29-13-9-16-33(25-29)44-38-23-21-30(26-36(38)41-39(44)19-10-24-42-41)31-20-22-35-34-17-7-8-18-37(34)43(40(35)27-31)32-14-5-2-6-15-32;1-3-10-28(11-4-1)29-17-21-33(22-18-29)43-38-24-20-30(26-36(38)41-39(43)16-9-25-42-41)31-19-23-35-34-14-7-8-15-37(34)44(40(35)27-31)32-12-5-2-6-13-32;1-3-10-28(11-4-1)29-17-21-33(22-18-29)44-37-15-8-7-14-34(37)35-23-19-31(27-40(35)44)30-20-24-38-36(26-30)41-39(16-9-25-42-41)43(38)32-12-5-2-6-13-32/h3*1-27H. The molecule has 0 fully saturated rings. The van der Waals surface area contributed by atoms with Crippen LogP contribution in [0.1, 0.15) is 0 Å². The molecule has 27 aromatic rings. The molecule has 18 aromatic carbocycles. The first-order valence-electron chi connectivity index (χ1n) is 44.9. The van der Waals surface area contributed by atoms with E-state index >= 15 is 0 Å². The Balaban J connectivity index is 0.000000106. The van der Waals surface area contributed by atoms with Crippen molar-refractivity contribution >= 4 is 131 Å². The predicted molar refractivity (Wildman–Crippen MR) is 551 cm³/mol. The third-order valence-corrected chi connectivity index (χ3v) is 26.3. The largest absolute Gasteiger partial charge is 0.309 e. The maximum Gasteiger partial charge on any atom is 0.0963 e. The number of aromatic nitrogens is 9. The first-order valence-corrected chi connectivity index (χ1v) is 44.9. The van der Waals surface area contributed by atoms with Crippen LogP contribution >= 0.6 is 0 Å². The number of nitrogens with zero attached hydrogens (tertiary/aromatic N) is 9. The Labute approximate surface area is 761 Å². The zero-order valence-electron chi connectivity index (χ0n) is 71.8. The average molecular weight is 1690 g/mol. The van der Waals surface area contributed by atoms with Gasteiger partial charge in [-0.1, -0.05) is 291 Å². The summed E-state index contributed by atoms with van der Waals surface area (Å²) < 4.78 is 14.1. The van der Waals surface area contributed by atoms with Crippen LogP contribution in [0.5, 0.6) is 0 Å². The van der Waals surface area contributed by atoms with Gasteiger partial charge in [0.2, 0.25) is 0 Å². The fourth-order valence-corrected chi connectivity index (χ4v) is 20.2. The van der Waals surface area contributed by atoms with Gasteiger partial charge >= 0.3 is 0 Å². The minimum atomic E-state index is 1.01. The SMILES string of the molecule is c1ccc(-c2ccc(-n3c4ccc(-c5ccc6c7ccccc7n(-c7ccccc7)c6c5)cc4c4ncccc43)cc2)cc1.c1ccc(-c2ccc(-n3c4ccccc4c4ccc(-c5ccc6c(c5)c5ncccc5n6-c5ccccc5)cc43)cc2)cc1.c1ccc(-c2cccc(-n3c4ccc(-c5ccc6c7ccccc7n(-c7ccccc7)c6c5)cc4c4ncccc43)c2)cc1. The summed E-state index contributed by atoms with van der Waals surface area (Å²) >= 11 is 0. The fourth-order valence-electron chi connectivity index (χ4n) is 20.2. The van der Waals surface area contributed by atoms with Gasteiger partial charge in [-0.2, -0.15) is 0 Å². The molecule has 0 bridgehead atoms. The third kappa shape index (κ3) is 13.2. The summed E-state index contributed by atoms with van der Waals surface area (Å²) in [4.78, 5) is 14.6. The van der Waals surface area contributed by atoms with Crippen LogP contribution in [-0.4, -0.2) is 42.4 Å². The molecule has 9 heteroatoms. The van der Waals surface area contributed by atoms with Crippen LogP contribution in [-0.2, 0) is 0 Å². The van der Waals surface area contributed by atoms with E-state index in [9.17, 15) is 0 Å². The lowest BCUT2D eigenvalue weighted by molar-refractivity contribution is 1.17. The van der Waals surface area contributed by atoms with Crippen molar-refractivity contribution in [1.29, 1.82) is 0 Å². The Bertz CT molecular complexity index is 9100. The van der Waals surface area contributed by atoms with Crippen LogP contribution in [0.3, 0.4) is 0 Å². The smallest absolute Gasteiger partial charge is 0.0963 e. The molecule has 618 valence electrons. The molecule has 0 radical (unpaired) electrons. The van der Waals surface area contributed by atoms with Crippen molar-refractivity contribution in [3.63, 3.8) is 0 Å². The number of rotatable bonds is 12. The molecule has 0 N–H and O–H groups in total. The summed E-state index contributed by atoms with van der Waals surface area (Å²) in [6, 6.07) is 169. The van der Waals surface area contributed by atoms with E-state index in [2.05, 4.69) is 482 Å². The molecule has 9 heterocycles. The molecule has 0 saturated carbocycles. The summed E-state index contributed by atoms with van der Waals surface area (Å²) in [6.45, 7) is 0. The van der Waals surface area contributed by atoms with Gasteiger partial charge in [0.25, 0.3) is 0 Å². The normalized spacial score (nSPS) is 11.6. The van der Waals surface area contributed by atoms with Crippen LogP contribution < -0.4 is 0 Å². The number of hydrogen-bond acceptors (Lipinski definition) is 3. The monoisotopic (exact) mass is 1680 g/mol. The van der Waals surface area contributed by atoms with E-state index < -0.39 is 0 Å². The molecule has 0 saturated heterocycles. The van der Waals surface area contributed by atoms with Gasteiger partial charge in [0.15, 0.2) is 0 Å². The molecular formula is C123H81N9.